The average Bonchev–Trinajstić information content (AvgIpc) is 2.99. The molecule has 0 aliphatic heterocycles. The summed E-state index contributed by atoms with van der Waals surface area (Å²) in [5, 5.41) is 14.0. The number of halogens is 2. The van der Waals surface area contributed by atoms with Gasteiger partial charge in [-0.1, -0.05) is 0 Å². The summed E-state index contributed by atoms with van der Waals surface area (Å²) in [6.45, 7) is 1.76. The second kappa shape index (κ2) is 6.99. The average molecular weight is 428 g/mol. The van der Waals surface area contributed by atoms with Gasteiger partial charge < -0.3 is 15.0 Å². The van der Waals surface area contributed by atoms with E-state index in [2.05, 4.69) is 5.32 Å². The molecule has 5 nitrogen and oxygen atoms in total. The monoisotopic (exact) mass is 428 g/mol. The van der Waals surface area contributed by atoms with E-state index in [1.54, 1.807) is 20.0 Å². The maximum atomic E-state index is 13.6. The highest BCUT2D eigenvalue weighted by Crippen LogP contribution is 2.55. The summed E-state index contributed by atoms with van der Waals surface area (Å²) in [4.78, 5) is 26.1. The number of nitrogens with zero attached hydrogens (tertiary/aromatic N) is 1. The molecule has 4 saturated carbocycles. The Hall–Kier alpha value is -2.54. The van der Waals surface area contributed by atoms with Gasteiger partial charge in [-0.15, -0.1) is 0 Å². The normalized spacial score (nSPS) is 31.1. The first-order valence-electron chi connectivity index (χ1n) is 10.8. The van der Waals surface area contributed by atoms with Crippen LogP contribution in [-0.4, -0.2) is 33.0 Å². The Morgan fingerprint density at radius 3 is 2.39 bits per heavy atom. The van der Waals surface area contributed by atoms with Gasteiger partial charge in [-0.2, -0.15) is 0 Å². The summed E-state index contributed by atoms with van der Waals surface area (Å²) < 4.78 is 28.3. The highest BCUT2D eigenvalue weighted by atomic mass is 19.2. The SMILES string of the molecule is Cc1cc(C(=O)c2ccc(F)c(F)c2)n(C)c1C(=O)NC1C2CC3CC1CC(O)(C3)C2. The third-order valence-electron chi connectivity index (χ3n) is 7.59. The van der Waals surface area contributed by atoms with Crippen molar-refractivity contribution in [3.8, 4) is 0 Å². The second-order valence-corrected chi connectivity index (χ2v) is 9.77. The molecule has 164 valence electrons. The van der Waals surface area contributed by atoms with Crippen molar-refractivity contribution in [2.24, 2.45) is 24.8 Å². The van der Waals surface area contributed by atoms with Crippen molar-refractivity contribution in [2.45, 2.75) is 50.7 Å². The Balaban J connectivity index is 1.39. The standard InChI is InChI=1S/C24H26F2N2O3/c1-12-5-19(22(29)14-3-4-17(25)18(26)8-14)28(2)21(12)23(30)27-20-15-6-13-7-16(20)11-24(31,9-13)10-15/h3-5,8,13,15-16,20,31H,6-7,9-11H2,1-2H3,(H,27,30). The molecule has 2 atom stereocenters. The molecule has 7 heteroatoms. The lowest BCUT2D eigenvalue weighted by Crippen LogP contribution is -2.61. The van der Waals surface area contributed by atoms with Crippen LogP contribution in [0.25, 0.3) is 0 Å². The molecule has 0 spiro atoms. The van der Waals surface area contributed by atoms with Gasteiger partial charge in [0.15, 0.2) is 11.6 Å². The van der Waals surface area contributed by atoms with Crippen LogP contribution in [0.2, 0.25) is 0 Å². The zero-order valence-corrected chi connectivity index (χ0v) is 17.6. The van der Waals surface area contributed by atoms with E-state index in [0.29, 0.717) is 17.2 Å². The number of rotatable bonds is 4. The summed E-state index contributed by atoms with van der Waals surface area (Å²) in [6.07, 6.45) is 4.42. The van der Waals surface area contributed by atoms with Gasteiger partial charge in [0, 0.05) is 18.7 Å². The van der Waals surface area contributed by atoms with Gasteiger partial charge in [0.1, 0.15) is 5.69 Å². The maximum absolute atomic E-state index is 13.6. The van der Waals surface area contributed by atoms with Gasteiger partial charge in [-0.05, 0) is 86.6 Å². The molecule has 1 aromatic carbocycles. The van der Waals surface area contributed by atoms with Crippen molar-refractivity contribution in [1.82, 2.24) is 9.88 Å². The Morgan fingerprint density at radius 1 is 1.10 bits per heavy atom. The predicted molar refractivity (Wildman–Crippen MR) is 110 cm³/mol. The minimum Gasteiger partial charge on any atom is -0.390 e. The number of carbonyl (C=O) groups is 2. The van der Waals surface area contributed by atoms with Crippen molar-refractivity contribution < 1.29 is 23.5 Å². The summed E-state index contributed by atoms with van der Waals surface area (Å²) in [7, 11) is 1.63. The zero-order chi connectivity index (χ0) is 22.1. The number of amides is 1. The Kier molecular flexibility index (Phi) is 4.59. The predicted octanol–water partition coefficient (Wildman–Crippen LogP) is 3.51. The van der Waals surface area contributed by atoms with Crippen molar-refractivity contribution in [2.75, 3.05) is 0 Å². The minimum absolute atomic E-state index is 0.0285. The Bertz CT molecular complexity index is 1080. The van der Waals surface area contributed by atoms with Crippen molar-refractivity contribution in [3.63, 3.8) is 0 Å². The van der Waals surface area contributed by atoms with Crippen molar-refractivity contribution >= 4 is 11.7 Å². The van der Waals surface area contributed by atoms with Crippen LogP contribution in [-0.2, 0) is 7.05 Å². The van der Waals surface area contributed by atoms with E-state index in [4.69, 9.17) is 0 Å². The fourth-order valence-corrected chi connectivity index (χ4v) is 6.53. The van der Waals surface area contributed by atoms with Gasteiger partial charge in [-0.25, -0.2) is 8.78 Å². The van der Waals surface area contributed by atoms with Crippen LogP contribution in [0.1, 0.15) is 64.2 Å². The van der Waals surface area contributed by atoms with Crippen LogP contribution in [0, 0.1) is 36.3 Å². The lowest BCUT2D eigenvalue weighted by atomic mass is 9.52. The molecule has 2 unspecified atom stereocenters. The number of ketones is 1. The summed E-state index contributed by atoms with van der Waals surface area (Å²) in [6, 6.07) is 4.68. The van der Waals surface area contributed by atoms with Gasteiger partial charge >= 0.3 is 0 Å². The molecule has 4 aliphatic carbocycles. The molecule has 4 fully saturated rings. The smallest absolute Gasteiger partial charge is 0.268 e. The van der Waals surface area contributed by atoms with Crippen LogP contribution in [0.4, 0.5) is 8.78 Å². The molecular formula is C24H26F2N2O3. The number of hydrogen-bond donors (Lipinski definition) is 2. The molecule has 31 heavy (non-hydrogen) atoms. The van der Waals surface area contributed by atoms with Gasteiger partial charge in [0.05, 0.1) is 11.3 Å². The molecule has 6 rings (SSSR count). The van der Waals surface area contributed by atoms with Gasteiger partial charge in [-0.3, -0.25) is 9.59 Å². The molecule has 2 aromatic rings. The highest BCUT2D eigenvalue weighted by Gasteiger charge is 2.55. The summed E-state index contributed by atoms with van der Waals surface area (Å²) in [5.74, 6) is -1.70. The van der Waals surface area contributed by atoms with E-state index in [9.17, 15) is 23.5 Å². The molecule has 2 N–H and O–H groups in total. The van der Waals surface area contributed by atoms with Crippen molar-refractivity contribution in [1.29, 1.82) is 0 Å². The lowest BCUT2D eigenvalue weighted by Gasteiger charge is -2.58. The number of nitrogens with one attached hydrogen (secondary N) is 1. The van der Waals surface area contributed by atoms with E-state index in [0.717, 1.165) is 44.2 Å². The molecular weight excluding hydrogens is 402 g/mol. The van der Waals surface area contributed by atoms with Crippen LogP contribution >= 0.6 is 0 Å². The van der Waals surface area contributed by atoms with Crippen molar-refractivity contribution in [3.05, 3.63) is 58.4 Å². The number of carbonyl (C=O) groups excluding carboxylic acids is 2. The first kappa shape index (κ1) is 20.4. The van der Waals surface area contributed by atoms with E-state index >= 15 is 0 Å². The first-order chi connectivity index (χ1) is 14.6. The third kappa shape index (κ3) is 3.30. The Labute approximate surface area is 179 Å². The zero-order valence-electron chi connectivity index (χ0n) is 17.6. The molecule has 4 aliphatic rings. The van der Waals surface area contributed by atoms with E-state index in [-0.39, 0.29) is 35.0 Å². The number of hydrogen-bond acceptors (Lipinski definition) is 3. The Morgan fingerprint density at radius 2 is 1.77 bits per heavy atom. The van der Waals surface area contributed by atoms with E-state index < -0.39 is 23.0 Å². The third-order valence-corrected chi connectivity index (χ3v) is 7.59. The number of aliphatic hydroxyl groups is 1. The number of benzene rings is 1. The fourth-order valence-electron chi connectivity index (χ4n) is 6.53. The number of aromatic nitrogens is 1. The lowest BCUT2D eigenvalue weighted by molar-refractivity contribution is -0.137. The van der Waals surface area contributed by atoms with E-state index in [1.165, 1.54) is 10.6 Å². The highest BCUT2D eigenvalue weighted by molar-refractivity contribution is 6.09. The summed E-state index contributed by atoms with van der Waals surface area (Å²) in [5.41, 5.74) is 0.739. The molecule has 1 heterocycles. The van der Waals surface area contributed by atoms with Crippen LogP contribution < -0.4 is 5.32 Å². The molecule has 0 radical (unpaired) electrons. The van der Waals surface area contributed by atoms with Gasteiger partial charge in [0.25, 0.3) is 5.91 Å². The molecule has 1 amide bonds. The van der Waals surface area contributed by atoms with Gasteiger partial charge in [0.2, 0.25) is 5.78 Å². The largest absolute Gasteiger partial charge is 0.390 e. The minimum atomic E-state index is -1.08. The van der Waals surface area contributed by atoms with Crippen LogP contribution in [0.3, 0.4) is 0 Å². The molecule has 1 aromatic heterocycles. The fraction of sp³-hybridized carbons (Fsp3) is 0.500. The maximum Gasteiger partial charge on any atom is 0.268 e. The topological polar surface area (TPSA) is 71.3 Å². The quantitative estimate of drug-likeness (QED) is 0.732. The summed E-state index contributed by atoms with van der Waals surface area (Å²) >= 11 is 0. The van der Waals surface area contributed by atoms with E-state index in [1.807, 2.05) is 0 Å². The van der Waals surface area contributed by atoms with Crippen LogP contribution in [0.15, 0.2) is 24.3 Å². The molecule has 4 bridgehead atoms. The van der Waals surface area contributed by atoms with Crippen LogP contribution in [0.5, 0.6) is 0 Å². The first-order valence-corrected chi connectivity index (χ1v) is 10.8. The second-order valence-electron chi connectivity index (χ2n) is 9.77. The number of aryl methyl sites for hydroxylation is 1. The molecule has 0 saturated heterocycles.